The number of H-pyrrole nitrogens is 1. The number of nitrogens with one attached hydrogen (secondary N) is 2. The van der Waals surface area contributed by atoms with Gasteiger partial charge in [-0.3, -0.25) is 5.32 Å². The van der Waals surface area contributed by atoms with E-state index in [1.807, 2.05) is 0 Å². The zero-order valence-electron chi connectivity index (χ0n) is 6.50. The summed E-state index contributed by atoms with van der Waals surface area (Å²) in [6.45, 7) is 2.07. The number of hydrogen-bond donors (Lipinski definition) is 3. The largest absolute Gasteiger partial charge is 0.450 e. The molecule has 0 aliphatic rings. The van der Waals surface area contributed by atoms with Crippen LogP contribution < -0.4 is 5.32 Å². The fourth-order valence-corrected chi connectivity index (χ4v) is 0.820. The Hall–Kier alpha value is -1.17. The molecule has 0 aromatic carbocycles. The zero-order chi connectivity index (χ0) is 8.97. The van der Waals surface area contributed by atoms with Crippen molar-refractivity contribution >= 4 is 24.5 Å². The van der Waals surface area contributed by atoms with Crippen molar-refractivity contribution in [3.05, 3.63) is 6.20 Å². The van der Waals surface area contributed by atoms with Gasteiger partial charge in [-0.25, -0.2) is 9.78 Å². The molecule has 0 bridgehead atoms. The fraction of sp³-hybridized carbons (Fsp3) is 0.333. The number of aromatic nitrogens is 2. The van der Waals surface area contributed by atoms with Crippen LogP contribution in [0, 0.1) is 0 Å². The molecule has 0 aliphatic heterocycles. The summed E-state index contributed by atoms with van der Waals surface area (Å²) >= 11 is 3.92. The summed E-state index contributed by atoms with van der Waals surface area (Å²) in [5, 5.41) is 2.86. The van der Waals surface area contributed by atoms with Crippen molar-refractivity contribution in [1.29, 1.82) is 0 Å². The number of thiol groups is 1. The van der Waals surface area contributed by atoms with Gasteiger partial charge in [-0.15, -0.1) is 12.6 Å². The van der Waals surface area contributed by atoms with Crippen molar-refractivity contribution < 1.29 is 9.53 Å². The molecule has 1 rings (SSSR count). The molecule has 0 saturated carbocycles. The Labute approximate surface area is 74.9 Å². The van der Waals surface area contributed by atoms with Crippen LogP contribution >= 0.6 is 12.6 Å². The predicted molar refractivity (Wildman–Crippen MR) is 46.5 cm³/mol. The molecule has 0 unspecified atom stereocenters. The van der Waals surface area contributed by atoms with E-state index in [9.17, 15) is 4.79 Å². The van der Waals surface area contributed by atoms with Gasteiger partial charge in [-0.2, -0.15) is 0 Å². The molecule has 1 heterocycles. The number of carbonyl (C=O) groups is 1. The Balaban J connectivity index is 2.46. The van der Waals surface area contributed by atoms with E-state index in [1.54, 1.807) is 6.92 Å². The topological polar surface area (TPSA) is 67.0 Å². The highest BCUT2D eigenvalue weighted by Crippen LogP contribution is 2.05. The van der Waals surface area contributed by atoms with Crippen molar-refractivity contribution in [3.8, 4) is 0 Å². The number of ether oxygens (including phenoxy) is 1. The van der Waals surface area contributed by atoms with Crippen LogP contribution in [-0.4, -0.2) is 22.7 Å². The number of anilines is 1. The van der Waals surface area contributed by atoms with Crippen LogP contribution in [0.2, 0.25) is 0 Å². The highest BCUT2D eigenvalue weighted by Gasteiger charge is 2.03. The first kappa shape index (κ1) is 8.92. The highest BCUT2D eigenvalue weighted by molar-refractivity contribution is 7.80. The molecule has 0 atom stereocenters. The first-order valence-corrected chi connectivity index (χ1v) is 3.85. The van der Waals surface area contributed by atoms with Gasteiger partial charge in [0.05, 0.1) is 6.61 Å². The first-order valence-electron chi connectivity index (χ1n) is 3.40. The predicted octanol–water partition coefficient (Wildman–Crippen LogP) is 1.27. The molecule has 12 heavy (non-hydrogen) atoms. The van der Waals surface area contributed by atoms with E-state index < -0.39 is 6.09 Å². The monoisotopic (exact) mass is 187 g/mol. The van der Waals surface area contributed by atoms with Gasteiger partial charge in [-0.05, 0) is 6.92 Å². The van der Waals surface area contributed by atoms with Crippen LogP contribution in [0.15, 0.2) is 11.4 Å². The fourth-order valence-electron chi connectivity index (χ4n) is 0.647. The molecular weight excluding hydrogens is 178 g/mol. The van der Waals surface area contributed by atoms with Crippen LogP contribution in [-0.2, 0) is 4.74 Å². The average molecular weight is 187 g/mol. The second-order valence-electron chi connectivity index (χ2n) is 1.95. The maximum atomic E-state index is 10.8. The molecule has 2 N–H and O–H groups in total. The SMILES string of the molecule is CCOC(=O)Nc1c[nH]c(S)n1. The second kappa shape index (κ2) is 4.01. The first-order chi connectivity index (χ1) is 5.72. The highest BCUT2D eigenvalue weighted by atomic mass is 32.1. The van der Waals surface area contributed by atoms with Gasteiger partial charge in [0.2, 0.25) is 0 Å². The Morgan fingerprint density at radius 3 is 3.17 bits per heavy atom. The smallest absolute Gasteiger partial charge is 0.412 e. The third-order valence-corrected chi connectivity index (χ3v) is 1.30. The van der Waals surface area contributed by atoms with Gasteiger partial charge in [0.25, 0.3) is 0 Å². The lowest BCUT2D eigenvalue weighted by Gasteiger charge is -1.99. The number of hydrogen-bond acceptors (Lipinski definition) is 4. The molecule has 1 aromatic rings. The van der Waals surface area contributed by atoms with E-state index >= 15 is 0 Å². The standard InChI is InChI=1S/C6H9N3O2S/c1-2-11-6(10)9-4-3-7-5(12)8-4/h3H,2H2,1H3,(H,9,10)(H2,7,8,12). The molecule has 0 fully saturated rings. The third kappa shape index (κ3) is 2.46. The van der Waals surface area contributed by atoms with Gasteiger partial charge in [0, 0.05) is 6.20 Å². The molecule has 6 heteroatoms. The number of rotatable bonds is 2. The Morgan fingerprint density at radius 2 is 2.67 bits per heavy atom. The zero-order valence-corrected chi connectivity index (χ0v) is 7.39. The molecular formula is C6H9N3O2S. The van der Waals surface area contributed by atoms with Gasteiger partial charge in [-0.1, -0.05) is 0 Å². The summed E-state index contributed by atoms with van der Waals surface area (Å²) < 4.78 is 4.63. The van der Waals surface area contributed by atoms with Crippen LogP contribution in [0.1, 0.15) is 6.92 Å². The minimum absolute atomic E-state index is 0.337. The van der Waals surface area contributed by atoms with Crippen LogP contribution in [0.4, 0.5) is 10.6 Å². The summed E-state index contributed by atoms with van der Waals surface area (Å²) in [7, 11) is 0. The Bertz CT molecular complexity index is 274. The summed E-state index contributed by atoms with van der Waals surface area (Å²) in [5.74, 6) is 0.401. The molecule has 0 spiro atoms. The molecule has 0 aliphatic carbocycles. The van der Waals surface area contributed by atoms with Gasteiger partial charge >= 0.3 is 6.09 Å². The third-order valence-electron chi connectivity index (χ3n) is 1.07. The van der Waals surface area contributed by atoms with E-state index in [-0.39, 0.29) is 0 Å². The van der Waals surface area contributed by atoms with E-state index in [0.29, 0.717) is 17.6 Å². The minimum Gasteiger partial charge on any atom is -0.450 e. The maximum absolute atomic E-state index is 10.8. The van der Waals surface area contributed by atoms with E-state index in [0.717, 1.165) is 0 Å². The Kier molecular flexibility index (Phi) is 2.98. The van der Waals surface area contributed by atoms with Gasteiger partial charge in [0.15, 0.2) is 11.0 Å². The number of carbonyl (C=O) groups excluding carboxylic acids is 1. The molecule has 1 amide bonds. The molecule has 0 radical (unpaired) electrons. The minimum atomic E-state index is -0.516. The second-order valence-corrected chi connectivity index (χ2v) is 2.38. The maximum Gasteiger partial charge on any atom is 0.412 e. The number of aromatic amines is 1. The lowest BCUT2D eigenvalue weighted by atomic mass is 10.7. The summed E-state index contributed by atoms with van der Waals surface area (Å²) in [6.07, 6.45) is 1.01. The average Bonchev–Trinajstić information content (AvgIpc) is 2.36. The molecule has 66 valence electrons. The van der Waals surface area contributed by atoms with E-state index in [4.69, 9.17) is 0 Å². The van der Waals surface area contributed by atoms with Crippen LogP contribution in [0.25, 0.3) is 0 Å². The summed E-state index contributed by atoms with van der Waals surface area (Å²) in [6, 6.07) is 0. The number of imidazole rings is 1. The summed E-state index contributed by atoms with van der Waals surface area (Å²) in [4.78, 5) is 17.3. The normalized spacial score (nSPS) is 9.50. The molecule has 0 saturated heterocycles. The number of amides is 1. The van der Waals surface area contributed by atoms with Crippen molar-refractivity contribution in [1.82, 2.24) is 9.97 Å². The van der Waals surface area contributed by atoms with Crippen LogP contribution in [0.5, 0.6) is 0 Å². The lowest BCUT2D eigenvalue weighted by Crippen LogP contribution is -2.13. The number of nitrogens with zero attached hydrogens (tertiary/aromatic N) is 1. The van der Waals surface area contributed by atoms with Gasteiger partial charge in [0.1, 0.15) is 0 Å². The summed E-state index contributed by atoms with van der Waals surface area (Å²) in [5.41, 5.74) is 0. The lowest BCUT2D eigenvalue weighted by molar-refractivity contribution is 0.168. The van der Waals surface area contributed by atoms with E-state index in [1.165, 1.54) is 6.20 Å². The van der Waals surface area contributed by atoms with Crippen molar-refractivity contribution in [2.45, 2.75) is 12.1 Å². The van der Waals surface area contributed by atoms with Crippen molar-refractivity contribution in [3.63, 3.8) is 0 Å². The van der Waals surface area contributed by atoms with Crippen molar-refractivity contribution in [2.75, 3.05) is 11.9 Å². The van der Waals surface area contributed by atoms with Crippen molar-refractivity contribution in [2.24, 2.45) is 0 Å². The molecule has 1 aromatic heterocycles. The van der Waals surface area contributed by atoms with E-state index in [2.05, 4.69) is 32.7 Å². The quantitative estimate of drug-likeness (QED) is 0.611. The molecule has 5 nitrogen and oxygen atoms in total. The Morgan fingerprint density at radius 1 is 1.92 bits per heavy atom. The van der Waals surface area contributed by atoms with Gasteiger partial charge < -0.3 is 9.72 Å². The van der Waals surface area contributed by atoms with Crippen LogP contribution in [0.3, 0.4) is 0 Å².